The summed E-state index contributed by atoms with van der Waals surface area (Å²) in [5.41, 5.74) is 1.41. The van der Waals surface area contributed by atoms with Crippen molar-refractivity contribution in [1.29, 1.82) is 0 Å². The minimum Gasteiger partial charge on any atom is -0.479 e. The van der Waals surface area contributed by atoms with E-state index >= 15 is 0 Å². The molecule has 14 nitrogen and oxygen atoms in total. The summed E-state index contributed by atoms with van der Waals surface area (Å²) < 4.78 is 12.6. The zero-order valence-corrected chi connectivity index (χ0v) is 19.3. The van der Waals surface area contributed by atoms with Gasteiger partial charge in [0, 0.05) is 5.38 Å². The molecule has 0 aliphatic carbocycles. The Balaban J connectivity index is 1.64. The molecule has 0 spiro atoms. The zero-order valence-electron chi connectivity index (χ0n) is 17.7. The number of aromatic nitrogens is 5. The van der Waals surface area contributed by atoms with Crippen molar-refractivity contribution in [2.24, 2.45) is 0 Å². The summed E-state index contributed by atoms with van der Waals surface area (Å²) in [5, 5.41) is 41.4. The average Bonchev–Trinajstić information content (AvgIpc) is 3.51. The second-order valence-electron chi connectivity index (χ2n) is 7.62. The molecule has 1 aliphatic rings. The quantitative estimate of drug-likeness (QED) is 0.201. The van der Waals surface area contributed by atoms with Gasteiger partial charge in [0.25, 0.3) is 0 Å². The van der Waals surface area contributed by atoms with E-state index < -0.39 is 48.2 Å². The lowest BCUT2D eigenvalue weighted by Gasteiger charge is -2.29. The van der Waals surface area contributed by atoms with Gasteiger partial charge in [-0.1, -0.05) is 5.92 Å². The van der Waals surface area contributed by atoms with E-state index in [0.717, 1.165) is 6.92 Å². The molecule has 1 aliphatic heterocycles. The molecule has 0 bridgehead atoms. The van der Waals surface area contributed by atoms with Crippen molar-refractivity contribution in [2.45, 2.75) is 36.6 Å². The standard InChI is InChI=1S/C19H17ClN6O8S/c1-3-19(32)8(4-33-18(2,16(30)31)7-5-35-13(23-7)15(28)29)34-14(10(19)27)26-6-22-9-11(21)24-17(20)25-12(9)26/h1,5-6,8,10,14,27,32H,4H2,2H3,(H,28,29)(H,30,31)(H2,21,24,25)/t8-,10+,14-,18?,19-/m1/s1. The van der Waals surface area contributed by atoms with Gasteiger partial charge in [0.05, 0.1) is 18.6 Å². The molecule has 4 heterocycles. The van der Waals surface area contributed by atoms with Crippen LogP contribution in [0.5, 0.6) is 0 Å². The fourth-order valence-corrected chi connectivity index (χ4v) is 4.42. The number of rotatable bonds is 7. The summed E-state index contributed by atoms with van der Waals surface area (Å²) >= 11 is 6.59. The van der Waals surface area contributed by atoms with Crippen LogP contribution in [-0.2, 0) is 19.9 Å². The number of aromatic carboxylic acids is 1. The number of carboxylic acid groups (broad SMARTS) is 2. The van der Waals surface area contributed by atoms with Gasteiger partial charge in [-0.05, 0) is 18.5 Å². The third-order valence-electron chi connectivity index (χ3n) is 5.55. The highest BCUT2D eigenvalue weighted by Crippen LogP contribution is 2.40. The van der Waals surface area contributed by atoms with Gasteiger partial charge in [0.2, 0.25) is 15.9 Å². The van der Waals surface area contributed by atoms with Gasteiger partial charge < -0.3 is 35.6 Å². The van der Waals surface area contributed by atoms with E-state index in [1.165, 1.54) is 16.3 Å². The van der Waals surface area contributed by atoms with Gasteiger partial charge in [0.15, 0.2) is 23.3 Å². The maximum Gasteiger partial charge on any atom is 0.365 e. The van der Waals surface area contributed by atoms with Gasteiger partial charge in [-0.3, -0.25) is 4.57 Å². The van der Waals surface area contributed by atoms with E-state index in [4.69, 9.17) is 38.3 Å². The summed E-state index contributed by atoms with van der Waals surface area (Å²) in [7, 11) is 0. The fraction of sp³-hybridized carbons (Fsp3) is 0.368. The maximum absolute atomic E-state index is 12.0. The highest BCUT2D eigenvalue weighted by Gasteiger charge is 2.56. The molecule has 4 rings (SSSR count). The van der Waals surface area contributed by atoms with Crippen LogP contribution in [0.25, 0.3) is 11.2 Å². The highest BCUT2D eigenvalue weighted by molar-refractivity contribution is 7.11. The predicted molar refractivity (Wildman–Crippen MR) is 118 cm³/mol. The number of hydrogen-bond acceptors (Lipinski definition) is 12. The number of nitrogen functional groups attached to an aromatic ring is 1. The number of aliphatic hydroxyl groups excluding tert-OH is 1. The largest absolute Gasteiger partial charge is 0.479 e. The van der Waals surface area contributed by atoms with Gasteiger partial charge in [0.1, 0.15) is 17.7 Å². The summed E-state index contributed by atoms with van der Waals surface area (Å²) in [6, 6.07) is 0. The van der Waals surface area contributed by atoms with Crippen LogP contribution >= 0.6 is 22.9 Å². The molecular formula is C19H17ClN6O8S. The number of ether oxygens (including phenoxy) is 2. The van der Waals surface area contributed by atoms with E-state index in [0.29, 0.717) is 11.3 Å². The molecule has 1 saturated heterocycles. The Kier molecular flexibility index (Phi) is 6.13. The molecule has 184 valence electrons. The summed E-state index contributed by atoms with van der Waals surface area (Å²) in [6.45, 7) is 0.528. The topological polar surface area (TPSA) is 216 Å². The van der Waals surface area contributed by atoms with Crippen molar-refractivity contribution >= 4 is 51.9 Å². The van der Waals surface area contributed by atoms with Crippen LogP contribution in [-0.4, -0.2) is 81.3 Å². The number of carbonyl (C=O) groups is 2. The molecule has 3 aromatic heterocycles. The van der Waals surface area contributed by atoms with Gasteiger partial charge in [-0.15, -0.1) is 17.8 Å². The molecule has 5 atom stereocenters. The van der Waals surface area contributed by atoms with Crippen molar-refractivity contribution in [3.8, 4) is 12.3 Å². The number of halogens is 1. The van der Waals surface area contributed by atoms with Crippen molar-refractivity contribution in [3.63, 3.8) is 0 Å². The SMILES string of the molecule is C#C[C@@]1(O)[C@@H](COC(C)(C(=O)O)c2csc(C(=O)O)n2)O[C@@H](n2cnc3c(N)nc(Cl)nc32)[C@@H]1O. The Hall–Kier alpha value is -3.39. The second-order valence-corrected chi connectivity index (χ2v) is 8.82. The number of fused-ring (bicyclic) bond motifs is 1. The van der Waals surface area contributed by atoms with E-state index in [1.54, 1.807) is 0 Å². The number of anilines is 1. The number of nitrogens with two attached hydrogens (primary N) is 1. The fourth-order valence-electron chi connectivity index (χ4n) is 3.49. The minimum absolute atomic E-state index is 0.0282. The zero-order chi connectivity index (χ0) is 25.7. The van der Waals surface area contributed by atoms with E-state index in [9.17, 15) is 24.9 Å². The lowest BCUT2D eigenvalue weighted by molar-refractivity contribution is -0.175. The molecule has 0 aromatic carbocycles. The smallest absolute Gasteiger partial charge is 0.365 e. The van der Waals surface area contributed by atoms with Crippen LogP contribution in [0.2, 0.25) is 5.28 Å². The van der Waals surface area contributed by atoms with Crippen molar-refractivity contribution in [1.82, 2.24) is 24.5 Å². The number of aliphatic hydroxyl groups is 2. The molecule has 1 unspecified atom stereocenters. The Morgan fingerprint density at radius 3 is 2.74 bits per heavy atom. The number of imidazole rings is 1. The van der Waals surface area contributed by atoms with E-state index in [-0.39, 0.29) is 33.0 Å². The summed E-state index contributed by atoms with van der Waals surface area (Å²) in [6.07, 6.45) is 2.21. The normalized spacial score (nSPS) is 25.9. The van der Waals surface area contributed by atoms with Crippen LogP contribution in [0, 0.1) is 12.3 Å². The van der Waals surface area contributed by atoms with Crippen molar-refractivity contribution in [3.05, 3.63) is 27.7 Å². The van der Waals surface area contributed by atoms with Crippen LogP contribution in [0.3, 0.4) is 0 Å². The number of hydrogen-bond donors (Lipinski definition) is 5. The number of aliphatic carboxylic acids is 1. The van der Waals surface area contributed by atoms with Crippen LogP contribution in [0.1, 0.15) is 28.6 Å². The predicted octanol–water partition coefficient (Wildman–Crippen LogP) is -0.144. The molecule has 0 radical (unpaired) electrons. The molecule has 0 amide bonds. The highest BCUT2D eigenvalue weighted by atomic mass is 35.5. The summed E-state index contributed by atoms with van der Waals surface area (Å²) in [4.78, 5) is 38.8. The number of thiazole rings is 1. The minimum atomic E-state index is -2.32. The lowest BCUT2D eigenvalue weighted by atomic mass is 9.93. The number of carboxylic acids is 2. The lowest BCUT2D eigenvalue weighted by Crippen LogP contribution is -2.49. The Labute approximate surface area is 204 Å². The third kappa shape index (κ3) is 3.95. The first-order valence-corrected chi connectivity index (χ1v) is 10.9. The summed E-state index contributed by atoms with van der Waals surface area (Å²) in [5.74, 6) is -0.776. The first-order valence-electron chi connectivity index (χ1n) is 9.68. The van der Waals surface area contributed by atoms with Crippen molar-refractivity contribution in [2.75, 3.05) is 12.3 Å². The van der Waals surface area contributed by atoms with E-state index in [2.05, 4.69) is 25.9 Å². The van der Waals surface area contributed by atoms with E-state index in [1.807, 2.05) is 0 Å². The molecule has 0 saturated carbocycles. The van der Waals surface area contributed by atoms with Crippen LogP contribution < -0.4 is 5.73 Å². The molecule has 6 N–H and O–H groups in total. The van der Waals surface area contributed by atoms with Gasteiger partial charge in [-0.2, -0.15) is 9.97 Å². The van der Waals surface area contributed by atoms with Gasteiger partial charge >= 0.3 is 11.9 Å². The molecule has 3 aromatic rings. The monoisotopic (exact) mass is 524 g/mol. The first kappa shape index (κ1) is 24.7. The Morgan fingerprint density at radius 1 is 1.43 bits per heavy atom. The van der Waals surface area contributed by atoms with Crippen LogP contribution in [0.4, 0.5) is 5.82 Å². The second kappa shape index (κ2) is 8.68. The molecule has 1 fully saturated rings. The number of nitrogens with zero attached hydrogens (tertiary/aromatic N) is 5. The molecule has 16 heteroatoms. The molecular weight excluding hydrogens is 508 g/mol. The third-order valence-corrected chi connectivity index (χ3v) is 6.55. The Morgan fingerprint density at radius 2 is 2.14 bits per heavy atom. The Bertz CT molecular complexity index is 1370. The molecule has 35 heavy (non-hydrogen) atoms. The average molecular weight is 525 g/mol. The van der Waals surface area contributed by atoms with Crippen molar-refractivity contribution < 1.29 is 39.5 Å². The van der Waals surface area contributed by atoms with Crippen LogP contribution in [0.15, 0.2) is 11.7 Å². The van der Waals surface area contributed by atoms with Gasteiger partial charge in [-0.25, -0.2) is 19.6 Å². The first-order chi connectivity index (χ1) is 16.4. The maximum atomic E-state index is 12.0. The number of terminal acetylenes is 1.